The van der Waals surface area contributed by atoms with Gasteiger partial charge in [0, 0.05) is 31.4 Å². The van der Waals surface area contributed by atoms with E-state index in [-0.39, 0.29) is 12.1 Å². The van der Waals surface area contributed by atoms with Crippen molar-refractivity contribution in [2.45, 2.75) is 37.8 Å². The number of aromatic nitrogens is 1. The molecular formula is C14H19N3O3. The second-order valence-corrected chi connectivity index (χ2v) is 5.55. The summed E-state index contributed by atoms with van der Waals surface area (Å²) in [4.78, 5) is 24.9. The Labute approximate surface area is 117 Å². The summed E-state index contributed by atoms with van der Waals surface area (Å²) < 4.78 is 1.82. The van der Waals surface area contributed by atoms with Gasteiger partial charge in [-0.1, -0.05) is 0 Å². The fraction of sp³-hybridized carbons (Fsp3) is 0.571. The lowest BCUT2D eigenvalue weighted by atomic mass is 10.0. The molecule has 2 N–H and O–H groups in total. The van der Waals surface area contributed by atoms with Gasteiger partial charge in [-0.25, -0.2) is 9.59 Å². The summed E-state index contributed by atoms with van der Waals surface area (Å²) in [6.45, 7) is 1.36. The number of nitrogens with zero attached hydrogens (tertiary/aromatic N) is 2. The number of likely N-dealkylation sites (tertiary alicyclic amines) is 1. The molecule has 1 saturated carbocycles. The molecule has 2 amide bonds. The third-order valence-corrected chi connectivity index (χ3v) is 4.05. The van der Waals surface area contributed by atoms with Crippen molar-refractivity contribution in [3.8, 4) is 0 Å². The summed E-state index contributed by atoms with van der Waals surface area (Å²) in [5, 5.41) is 12.1. The zero-order valence-corrected chi connectivity index (χ0v) is 11.3. The van der Waals surface area contributed by atoms with Gasteiger partial charge in [-0.15, -0.1) is 0 Å². The number of carboxylic acid groups (broad SMARTS) is 1. The highest BCUT2D eigenvalue weighted by Crippen LogP contribution is 2.25. The van der Waals surface area contributed by atoms with Gasteiger partial charge in [0.05, 0.1) is 0 Å². The van der Waals surface area contributed by atoms with E-state index in [4.69, 9.17) is 5.11 Å². The van der Waals surface area contributed by atoms with Gasteiger partial charge < -0.3 is 19.9 Å². The predicted octanol–water partition coefficient (Wildman–Crippen LogP) is 1.70. The SMILES string of the molecule is O=C(O)c1cccn1C1CCN(C(=O)NC2CC2)CC1. The van der Waals surface area contributed by atoms with Crippen molar-refractivity contribution in [1.82, 2.24) is 14.8 Å². The number of hydrogen-bond donors (Lipinski definition) is 2. The van der Waals surface area contributed by atoms with Crippen molar-refractivity contribution in [2.75, 3.05) is 13.1 Å². The number of carbonyl (C=O) groups excluding carboxylic acids is 1. The Balaban J connectivity index is 1.58. The van der Waals surface area contributed by atoms with E-state index < -0.39 is 5.97 Å². The normalized spacial score (nSPS) is 19.9. The molecule has 2 aliphatic rings. The van der Waals surface area contributed by atoms with Crippen LogP contribution >= 0.6 is 0 Å². The van der Waals surface area contributed by atoms with E-state index in [2.05, 4.69) is 5.32 Å². The maximum atomic E-state index is 11.9. The highest BCUT2D eigenvalue weighted by Gasteiger charge is 2.29. The molecule has 1 aromatic rings. The van der Waals surface area contributed by atoms with Crippen LogP contribution in [0.3, 0.4) is 0 Å². The van der Waals surface area contributed by atoms with Crippen molar-refractivity contribution >= 4 is 12.0 Å². The number of amides is 2. The number of piperidine rings is 1. The van der Waals surface area contributed by atoms with Crippen LogP contribution in [-0.2, 0) is 0 Å². The van der Waals surface area contributed by atoms with Crippen LogP contribution in [0.4, 0.5) is 4.79 Å². The van der Waals surface area contributed by atoms with E-state index in [0.717, 1.165) is 25.7 Å². The van der Waals surface area contributed by atoms with Crippen LogP contribution in [-0.4, -0.2) is 45.7 Å². The summed E-state index contributed by atoms with van der Waals surface area (Å²) in [6, 6.07) is 3.95. The molecule has 0 atom stereocenters. The summed E-state index contributed by atoms with van der Waals surface area (Å²) in [5.74, 6) is -0.899. The second-order valence-electron chi connectivity index (χ2n) is 5.55. The summed E-state index contributed by atoms with van der Waals surface area (Å²) in [7, 11) is 0. The number of urea groups is 1. The minimum Gasteiger partial charge on any atom is -0.477 e. The van der Waals surface area contributed by atoms with Crippen molar-refractivity contribution in [3.63, 3.8) is 0 Å². The molecule has 20 heavy (non-hydrogen) atoms. The van der Waals surface area contributed by atoms with E-state index >= 15 is 0 Å². The van der Waals surface area contributed by atoms with E-state index in [1.54, 1.807) is 12.1 Å². The van der Waals surface area contributed by atoms with E-state index in [9.17, 15) is 9.59 Å². The molecule has 1 aliphatic carbocycles. The Hall–Kier alpha value is -1.98. The Kier molecular flexibility index (Phi) is 3.38. The van der Waals surface area contributed by atoms with E-state index in [1.807, 2.05) is 15.7 Å². The Morgan fingerprint density at radius 2 is 1.90 bits per heavy atom. The van der Waals surface area contributed by atoms with Crippen molar-refractivity contribution in [3.05, 3.63) is 24.0 Å². The maximum Gasteiger partial charge on any atom is 0.352 e. The Morgan fingerprint density at radius 1 is 1.20 bits per heavy atom. The van der Waals surface area contributed by atoms with Gasteiger partial charge in [0.2, 0.25) is 0 Å². The first-order chi connectivity index (χ1) is 9.65. The average Bonchev–Trinajstić information content (AvgIpc) is 3.11. The van der Waals surface area contributed by atoms with Gasteiger partial charge in [-0.05, 0) is 37.8 Å². The largest absolute Gasteiger partial charge is 0.477 e. The smallest absolute Gasteiger partial charge is 0.352 e. The number of rotatable bonds is 3. The fourth-order valence-electron chi connectivity index (χ4n) is 2.73. The molecule has 6 nitrogen and oxygen atoms in total. The monoisotopic (exact) mass is 277 g/mol. The third kappa shape index (κ3) is 2.64. The molecule has 1 aromatic heterocycles. The summed E-state index contributed by atoms with van der Waals surface area (Å²) >= 11 is 0. The van der Waals surface area contributed by atoms with Gasteiger partial charge in [0.1, 0.15) is 5.69 Å². The Morgan fingerprint density at radius 3 is 2.50 bits per heavy atom. The molecule has 0 unspecified atom stereocenters. The highest BCUT2D eigenvalue weighted by atomic mass is 16.4. The van der Waals surface area contributed by atoms with Crippen LogP contribution in [0.15, 0.2) is 18.3 Å². The van der Waals surface area contributed by atoms with E-state index in [1.165, 1.54) is 0 Å². The average molecular weight is 277 g/mol. The van der Waals surface area contributed by atoms with Crippen LogP contribution in [0.5, 0.6) is 0 Å². The Bertz CT molecular complexity index is 513. The second kappa shape index (κ2) is 5.19. The first-order valence-corrected chi connectivity index (χ1v) is 7.10. The van der Waals surface area contributed by atoms with Gasteiger partial charge in [-0.3, -0.25) is 0 Å². The van der Waals surface area contributed by atoms with Crippen molar-refractivity contribution in [1.29, 1.82) is 0 Å². The lowest BCUT2D eigenvalue weighted by molar-refractivity contribution is 0.0678. The van der Waals surface area contributed by atoms with Gasteiger partial charge in [0.15, 0.2) is 0 Å². The predicted molar refractivity (Wildman–Crippen MR) is 72.8 cm³/mol. The maximum absolute atomic E-state index is 11.9. The molecule has 2 fully saturated rings. The highest BCUT2D eigenvalue weighted by molar-refractivity contribution is 5.85. The van der Waals surface area contributed by atoms with Crippen LogP contribution in [0, 0.1) is 0 Å². The lowest BCUT2D eigenvalue weighted by Gasteiger charge is -2.33. The first kappa shape index (κ1) is 13.0. The molecule has 0 spiro atoms. The molecule has 0 bridgehead atoms. The third-order valence-electron chi connectivity index (χ3n) is 4.05. The molecule has 6 heteroatoms. The topological polar surface area (TPSA) is 74.6 Å². The van der Waals surface area contributed by atoms with Gasteiger partial charge in [-0.2, -0.15) is 0 Å². The zero-order valence-electron chi connectivity index (χ0n) is 11.3. The number of nitrogens with one attached hydrogen (secondary N) is 1. The number of aromatic carboxylic acids is 1. The molecule has 3 rings (SSSR count). The quantitative estimate of drug-likeness (QED) is 0.883. The van der Waals surface area contributed by atoms with E-state index in [0.29, 0.717) is 24.8 Å². The molecule has 1 saturated heterocycles. The minimum atomic E-state index is -0.899. The van der Waals surface area contributed by atoms with Crippen LogP contribution in [0.2, 0.25) is 0 Å². The minimum absolute atomic E-state index is 0.0249. The number of carbonyl (C=O) groups is 2. The molecule has 1 aliphatic heterocycles. The fourth-order valence-corrected chi connectivity index (χ4v) is 2.73. The summed E-state index contributed by atoms with van der Waals surface area (Å²) in [6.07, 6.45) is 5.59. The molecular weight excluding hydrogens is 258 g/mol. The lowest BCUT2D eigenvalue weighted by Crippen LogP contribution is -2.45. The van der Waals surface area contributed by atoms with Gasteiger partial charge >= 0.3 is 12.0 Å². The molecule has 0 aromatic carbocycles. The molecule has 2 heterocycles. The van der Waals surface area contributed by atoms with Crippen molar-refractivity contribution < 1.29 is 14.7 Å². The van der Waals surface area contributed by atoms with Crippen LogP contribution < -0.4 is 5.32 Å². The number of hydrogen-bond acceptors (Lipinski definition) is 2. The molecule has 108 valence electrons. The van der Waals surface area contributed by atoms with Crippen LogP contribution in [0.1, 0.15) is 42.2 Å². The zero-order chi connectivity index (χ0) is 14.1. The standard InChI is InChI=1S/C14H19N3O3/c18-13(19)12-2-1-7-17(12)11-5-8-16(9-6-11)14(20)15-10-3-4-10/h1-2,7,10-11H,3-6,8-9H2,(H,15,20)(H,18,19). The van der Waals surface area contributed by atoms with Crippen molar-refractivity contribution in [2.24, 2.45) is 0 Å². The molecule has 0 radical (unpaired) electrons. The summed E-state index contributed by atoms with van der Waals surface area (Å²) in [5.41, 5.74) is 0.325. The number of carboxylic acids is 1. The first-order valence-electron chi connectivity index (χ1n) is 7.10. The van der Waals surface area contributed by atoms with Gasteiger partial charge in [0.25, 0.3) is 0 Å². The van der Waals surface area contributed by atoms with Crippen LogP contribution in [0.25, 0.3) is 0 Å².